The Hall–Kier alpha value is -2.99. The summed E-state index contributed by atoms with van der Waals surface area (Å²) in [4.78, 5) is 12.1. The van der Waals surface area contributed by atoms with Crippen molar-refractivity contribution in [2.24, 2.45) is 0 Å². The molecule has 0 bridgehead atoms. The maximum absolute atomic E-state index is 12.8. The van der Waals surface area contributed by atoms with Crippen molar-refractivity contribution in [3.05, 3.63) is 64.7 Å². The number of carbonyl (C=O) groups is 1. The second-order valence-electron chi connectivity index (χ2n) is 6.88. The highest BCUT2D eigenvalue weighted by molar-refractivity contribution is 7.92. The van der Waals surface area contributed by atoms with Gasteiger partial charge in [0.15, 0.2) is 0 Å². The third-order valence-corrected chi connectivity index (χ3v) is 6.85. The largest absolute Gasteiger partial charge is 0.416 e. The Bertz CT molecular complexity index is 1220. The van der Waals surface area contributed by atoms with E-state index in [4.69, 9.17) is 0 Å². The topological polar surface area (TPSA) is 101 Å². The van der Waals surface area contributed by atoms with E-state index in [1.54, 1.807) is 0 Å². The summed E-state index contributed by atoms with van der Waals surface area (Å²) < 4.78 is 65.6. The summed E-state index contributed by atoms with van der Waals surface area (Å²) in [6.07, 6.45) is -2.47. The Morgan fingerprint density at radius 1 is 1.06 bits per heavy atom. The van der Waals surface area contributed by atoms with Gasteiger partial charge in [-0.05, 0) is 55.3 Å². The van der Waals surface area contributed by atoms with E-state index in [0.29, 0.717) is 17.1 Å². The van der Waals surface area contributed by atoms with Crippen molar-refractivity contribution < 1.29 is 26.4 Å². The summed E-state index contributed by atoms with van der Waals surface area (Å²) in [6.45, 7) is 0. The number of nitrogens with one attached hydrogen (secondary N) is 2. The second-order valence-corrected chi connectivity index (χ2v) is 9.57. The molecule has 2 N–H and O–H groups in total. The van der Waals surface area contributed by atoms with E-state index < -0.39 is 27.7 Å². The third-order valence-electron chi connectivity index (χ3n) is 4.46. The fourth-order valence-corrected chi connectivity index (χ4v) is 4.67. The molecule has 1 aliphatic carbocycles. The van der Waals surface area contributed by atoms with Crippen LogP contribution in [0, 0.1) is 0 Å². The first-order chi connectivity index (χ1) is 14.6. The summed E-state index contributed by atoms with van der Waals surface area (Å²) in [7, 11) is -4.15. The van der Waals surface area contributed by atoms with E-state index in [2.05, 4.69) is 20.2 Å². The number of rotatable bonds is 6. The highest BCUT2D eigenvalue weighted by Crippen LogP contribution is 2.42. The van der Waals surface area contributed by atoms with E-state index in [-0.39, 0.29) is 16.1 Å². The molecule has 0 unspecified atom stereocenters. The number of anilines is 2. The predicted octanol–water partition coefficient (Wildman–Crippen LogP) is 4.49. The summed E-state index contributed by atoms with van der Waals surface area (Å²) in [6, 6.07) is 8.87. The Morgan fingerprint density at radius 3 is 2.42 bits per heavy atom. The summed E-state index contributed by atoms with van der Waals surface area (Å²) >= 11 is 1.30. The van der Waals surface area contributed by atoms with Crippen LogP contribution in [0.25, 0.3) is 0 Å². The molecule has 4 rings (SSSR count). The smallest absolute Gasteiger partial charge is 0.296 e. The molecular weight excluding hydrogens is 453 g/mol. The molecule has 0 saturated heterocycles. The van der Waals surface area contributed by atoms with Crippen LogP contribution in [-0.2, 0) is 16.2 Å². The molecule has 3 aromatic rings. The SMILES string of the molecule is O=C(Nc1nnc(C2CC2)s1)c1ccc(S(=O)(=O)Nc2cccc(C(F)(F)F)c2)cc1. The monoisotopic (exact) mass is 468 g/mol. The molecule has 0 aliphatic heterocycles. The van der Waals surface area contributed by atoms with Crippen molar-refractivity contribution in [3.8, 4) is 0 Å². The van der Waals surface area contributed by atoms with Crippen LogP contribution in [0.4, 0.5) is 24.0 Å². The normalized spacial score (nSPS) is 14.3. The van der Waals surface area contributed by atoms with E-state index in [1.165, 1.54) is 41.7 Å². The van der Waals surface area contributed by atoms with E-state index in [1.807, 2.05) is 0 Å². The second kappa shape index (κ2) is 7.93. The molecule has 162 valence electrons. The molecule has 31 heavy (non-hydrogen) atoms. The fourth-order valence-electron chi connectivity index (χ4n) is 2.71. The Balaban J connectivity index is 1.45. The van der Waals surface area contributed by atoms with Crippen LogP contribution in [0.2, 0.25) is 0 Å². The third kappa shape index (κ3) is 5.02. The minimum absolute atomic E-state index is 0.196. The molecule has 7 nitrogen and oxygen atoms in total. The molecule has 1 heterocycles. The number of benzene rings is 2. The zero-order valence-corrected chi connectivity index (χ0v) is 17.3. The van der Waals surface area contributed by atoms with Gasteiger partial charge in [-0.25, -0.2) is 8.42 Å². The van der Waals surface area contributed by atoms with E-state index >= 15 is 0 Å². The molecule has 1 aromatic heterocycles. The van der Waals surface area contributed by atoms with Crippen LogP contribution in [-0.4, -0.2) is 24.5 Å². The lowest BCUT2D eigenvalue weighted by atomic mass is 10.2. The molecule has 1 saturated carbocycles. The Morgan fingerprint density at radius 2 is 1.77 bits per heavy atom. The van der Waals surface area contributed by atoms with Crippen LogP contribution in [0.5, 0.6) is 0 Å². The zero-order chi connectivity index (χ0) is 22.2. The fraction of sp³-hybridized carbons (Fsp3) is 0.211. The van der Waals surface area contributed by atoms with Crippen LogP contribution in [0.3, 0.4) is 0 Å². The zero-order valence-electron chi connectivity index (χ0n) is 15.7. The number of amides is 1. The van der Waals surface area contributed by atoms with Crippen molar-refractivity contribution >= 4 is 38.1 Å². The van der Waals surface area contributed by atoms with Gasteiger partial charge in [0.2, 0.25) is 5.13 Å². The number of nitrogens with zero attached hydrogens (tertiary/aromatic N) is 2. The van der Waals surface area contributed by atoms with E-state index in [9.17, 15) is 26.4 Å². The lowest BCUT2D eigenvalue weighted by Crippen LogP contribution is -2.15. The summed E-state index contributed by atoms with van der Waals surface area (Å²) in [5.74, 6) is -0.0646. The number of halogens is 3. The van der Waals surface area contributed by atoms with Gasteiger partial charge in [0, 0.05) is 17.2 Å². The number of sulfonamides is 1. The maximum Gasteiger partial charge on any atom is 0.416 e. The van der Waals surface area contributed by atoms with Gasteiger partial charge in [-0.15, -0.1) is 10.2 Å². The van der Waals surface area contributed by atoms with Gasteiger partial charge in [-0.2, -0.15) is 13.2 Å². The molecule has 0 radical (unpaired) electrons. The molecule has 0 spiro atoms. The predicted molar refractivity (Wildman–Crippen MR) is 109 cm³/mol. The van der Waals surface area contributed by atoms with Gasteiger partial charge < -0.3 is 0 Å². The first-order valence-electron chi connectivity index (χ1n) is 9.07. The van der Waals surface area contributed by atoms with Crippen molar-refractivity contribution in [1.29, 1.82) is 0 Å². The van der Waals surface area contributed by atoms with E-state index in [0.717, 1.165) is 30.0 Å². The van der Waals surface area contributed by atoms with Crippen molar-refractivity contribution in [3.63, 3.8) is 0 Å². The van der Waals surface area contributed by atoms with Crippen molar-refractivity contribution in [1.82, 2.24) is 10.2 Å². The van der Waals surface area contributed by atoms with Crippen molar-refractivity contribution in [2.45, 2.75) is 29.8 Å². The minimum Gasteiger partial charge on any atom is -0.296 e. The molecule has 1 fully saturated rings. The number of hydrogen-bond acceptors (Lipinski definition) is 6. The van der Waals surface area contributed by atoms with Gasteiger partial charge in [-0.3, -0.25) is 14.8 Å². The Kier molecular flexibility index (Phi) is 5.43. The molecule has 1 aliphatic rings. The number of alkyl halides is 3. The van der Waals surface area contributed by atoms with Crippen LogP contribution < -0.4 is 10.0 Å². The number of hydrogen-bond donors (Lipinski definition) is 2. The number of carbonyl (C=O) groups excluding carboxylic acids is 1. The number of aromatic nitrogens is 2. The van der Waals surface area contributed by atoms with Crippen LogP contribution in [0.15, 0.2) is 53.4 Å². The minimum atomic E-state index is -4.59. The Labute approximate surface area is 179 Å². The molecule has 1 amide bonds. The van der Waals surface area contributed by atoms with Gasteiger partial charge in [0.1, 0.15) is 5.01 Å². The summed E-state index contributed by atoms with van der Waals surface area (Å²) in [5.41, 5.74) is -0.998. The van der Waals surface area contributed by atoms with Gasteiger partial charge >= 0.3 is 6.18 Å². The molecular formula is C19H15F3N4O3S2. The van der Waals surface area contributed by atoms with Crippen LogP contribution >= 0.6 is 11.3 Å². The van der Waals surface area contributed by atoms with Crippen LogP contribution in [0.1, 0.15) is 39.7 Å². The average molecular weight is 468 g/mol. The maximum atomic E-state index is 12.8. The first kappa shape index (κ1) is 21.2. The first-order valence-corrected chi connectivity index (χ1v) is 11.4. The quantitative estimate of drug-likeness (QED) is 0.555. The average Bonchev–Trinajstić information content (AvgIpc) is 3.46. The van der Waals surface area contributed by atoms with Gasteiger partial charge in [0.05, 0.1) is 10.5 Å². The highest BCUT2D eigenvalue weighted by atomic mass is 32.2. The highest BCUT2D eigenvalue weighted by Gasteiger charge is 2.31. The summed E-state index contributed by atoms with van der Waals surface area (Å²) in [5, 5.41) is 11.8. The molecule has 2 aromatic carbocycles. The molecule has 0 atom stereocenters. The molecule has 12 heteroatoms. The lowest BCUT2D eigenvalue weighted by Gasteiger charge is -2.11. The standard InChI is InChI=1S/C19H15F3N4O3S2/c20-19(21,22)13-2-1-3-14(10-13)26-31(28,29)15-8-6-11(7-9-15)16(27)23-18-25-24-17(30-18)12-4-5-12/h1-3,6-10,12,26H,4-5H2,(H,23,25,27). The lowest BCUT2D eigenvalue weighted by molar-refractivity contribution is -0.137. The van der Waals surface area contributed by atoms with Crippen molar-refractivity contribution in [2.75, 3.05) is 10.0 Å². The van der Waals surface area contributed by atoms with Gasteiger partial charge in [-0.1, -0.05) is 17.4 Å². The van der Waals surface area contributed by atoms with Gasteiger partial charge in [0.25, 0.3) is 15.9 Å².